The van der Waals surface area contributed by atoms with Crippen molar-refractivity contribution in [2.24, 2.45) is 5.92 Å². The molecule has 3 heterocycles. The zero-order valence-corrected chi connectivity index (χ0v) is 16.6. The Kier molecular flexibility index (Phi) is 5.46. The number of carbonyl (C=O) groups is 1. The standard InChI is InChI=1S/C21H25N3O3S/c25-21(18-7-4-11-22-15-18)23-12-9-19-16-24(28(26,27)20(19)10-13-23)14-8-17-5-2-1-3-6-17/h1-7,11,15,19-20H,8-10,12-14,16H2/t19-,20-/m1/s1. The second-order valence-electron chi connectivity index (χ2n) is 7.55. The number of hydrogen-bond acceptors (Lipinski definition) is 4. The normalized spacial score (nSPS) is 24.5. The molecule has 4 rings (SSSR count). The van der Waals surface area contributed by atoms with Crippen LogP contribution in [-0.4, -0.2) is 59.9 Å². The molecule has 2 aliphatic heterocycles. The third-order valence-electron chi connectivity index (χ3n) is 5.85. The third kappa shape index (κ3) is 3.82. The highest BCUT2D eigenvalue weighted by molar-refractivity contribution is 7.90. The Morgan fingerprint density at radius 1 is 1.07 bits per heavy atom. The van der Waals surface area contributed by atoms with Gasteiger partial charge in [-0.2, -0.15) is 0 Å². The van der Waals surface area contributed by atoms with E-state index < -0.39 is 10.0 Å². The maximum absolute atomic E-state index is 13.1. The van der Waals surface area contributed by atoms with E-state index in [0.29, 0.717) is 38.2 Å². The first-order valence-electron chi connectivity index (χ1n) is 9.78. The van der Waals surface area contributed by atoms with Crippen LogP contribution in [0.1, 0.15) is 28.8 Å². The van der Waals surface area contributed by atoms with Crippen molar-refractivity contribution in [2.75, 3.05) is 26.2 Å². The predicted molar refractivity (Wildman–Crippen MR) is 107 cm³/mol. The summed E-state index contributed by atoms with van der Waals surface area (Å²) < 4.78 is 27.8. The molecule has 0 bridgehead atoms. The lowest BCUT2D eigenvalue weighted by Crippen LogP contribution is -2.35. The number of likely N-dealkylation sites (tertiary alicyclic amines) is 1. The SMILES string of the molecule is O=C(c1cccnc1)N1CC[C@@H]2CN(CCc3ccccc3)S(=O)(=O)[C@@H]2CC1. The number of hydrogen-bond donors (Lipinski definition) is 0. The molecule has 2 atom stereocenters. The second-order valence-corrected chi connectivity index (χ2v) is 9.70. The zero-order chi connectivity index (χ0) is 19.6. The van der Waals surface area contributed by atoms with Crippen molar-refractivity contribution in [1.82, 2.24) is 14.2 Å². The molecule has 1 aromatic heterocycles. The number of aromatic nitrogens is 1. The van der Waals surface area contributed by atoms with Gasteiger partial charge in [-0.3, -0.25) is 9.78 Å². The highest BCUT2D eigenvalue weighted by atomic mass is 32.2. The Morgan fingerprint density at radius 3 is 2.61 bits per heavy atom. The first-order chi connectivity index (χ1) is 13.6. The van der Waals surface area contributed by atoms with Crippen LogP contribution >= 0.6 is 0 Å². The van der Waals surface area contributed by atoms with Gasteiger partial charge in [-0.05, 0) is 42.9 Å². The van der Waals surface area contributed by atoms with Crippen molar-refractivity contribution < 1.29 is 13.2 Å². The fourth-order valence-electron chi connectivity index (χ4n) is 4.29. The van der Waals surface area contributed by atoms with E-state index in [2.05, 4.69) is 4.98 Å². The molecule has 0 aliphatic carbocycles. The number of benzene rings is 1. The van der Waals surface area contributed by atoms with E-state index in [9.17, 15) is 13.2 Å². The smallest absolute Gasteiger partial charge is 0.255 e. The van der Waals surface area contributed by atoms with Gasteiger partial charge in [0, 0.05) is 38.6 Å². The molecule has 148 valence electrons. The van der Waals surface area contributed by atoms with E-state index in [4.69, 9.17) is 0 Å². The predicted octanol–water partition coefficient (Wildman–Crippen LogP) is 2.19. The Morgan fingerprint density at radius 2 is 1.86 bits per heavy atom. The van der Waals surface area contributed by atoms with Crippen molar-refractivity contribution >= 4 is 15.9 Å². The van der Waals surface area contributed by atoms with Gasteiger partial charge in [0.05, 0.1) is 10.8 Å². The summed E-state index contributed by atoms with van der Waals surface area (Å²) >= 11 is 0. The van der Waals surface area contributed by atoms with Gasteiger partial charge in [0.2, 0.25) is 10.0 Å². The van der Waals surface area contributed by atoms with Gasteiger partial charge in [-0.15, -0.1) is 0 Å². The van der Waals surface area contributed by atoms with Crippen molar-refractivity contribution in [3.8, 4) is 0 Å². The summed E-state index contributed by atoms with van der Waals surface area (Å²) in [6.45, 7) is 2.16. The molecule has 0 saturated carbocycles. The van der Waals surface area contributed by atoms with Crippen molar-refractivity contribution in [3.63, 3.8) is 0 Å². The summed E-state index contributed by atoms with van der Waals surface area (Å²) in [6.07, 6.45) is 5.15. The van der Waals surface area contributed by atoms with Crippen LogP contribution in [0.2, 0.25) is 0 Å². The van der Waals surface area contributed by atoms with Crippen LogP contribution in [0.15, 0.2) is 54.9 Å². The van der Waals surface area contributed by atoms with Crippen LogP contribution in [0, 0.1) is 5.92 Å². The van der Waals surface area contributed by atoms with Gasteiger partial charge in [0.25, 0.3) is 5.91 Å². The first-order valence-corrected chi connectivity index (χ1v) is 11.3. The molecule has 2 saturated heterocycles. The number of fused-ring (bicyclic) bond motifs is 1. The lowest BCUT2D eigenvalue weighted by molar-refractivity contribution is 0.0758. The number of rotatable bonds is 4. The van der Waals surface area contributed by atoms with E-state index in [1.165, 1.54) is 0 Å². The first kappa shape index (κ1) is 19.1. The number of pyridine rings is 1. The highest BCUT2D eigenvalue weighted by Gasteiger charge is 2.46. The Bertz CT molecular complexity index is 918. The van der Waals surface area contributed by atoms with Crippen LogP contribution in [0.3, 0.4) is 0 Å². The summed E-state index contributed by atoms with van der Waals surface area (Å²) in [5, 5.41) is -0.380. The van der Waals surface area contributed by atoms with Gasteiger partial charge in [0.15, 0.2) is 0 Å². The number of carbonyl (C=O) groups excluding carboxylic acids is 1. The minimum Gasteiger partial charge on any atom is -0.339 e. The quantitative estimate of drug-likeness (QED) is 0.790. The highest BCUT2D eigenvalue weighted by Crippen LogP contribution is 2.34. The number of sulfonamides is 1. The van der Waals surface area contributed by atoms with Crippen LogP contribution in [0.5, 0.6) is 0 Å². The minimum atomic E-state index is -3.31. The Balaban J connectivity index is 1.41. The van der Waals surface area contributed by atoms with Crippen LogP contribution in [0.4, 0.5) is 0 Å². The van der Waals surface area contributed by atoms with Gasteiger partial charge < -0.3 is 4.90 Å². The molecule has 28 heavy (non-hydrogen) atoms. The maximum Gasteiger partial charge on any atom is 0.255 e. The van der Waals surface area contributed by atoms with E-state index in [1.807, 2.05) is 30.3 Å². The summed E-state index contributed by atoms with van der Waals surface area (Å²) in [4.78, 5) is 18.5. The van der Waals surface area contributed by atoms with Crippen molar-refractivity contribution in [3.05, 3.63) is 66.0 Å². The zero-order valence-electron chi connectivity index (χ0n) is 15.8. The molecule has 1 amide bonds. The Hall–Kier alpha value is -2.25. The topological polar surface area (TPSA) is 70.6 Å². The van der Waals surface area contributed by atoms with Crippen molar-refractivity contribution in [1.29, 1.82) is 0 Å². The molecule has 2 fully saturated rings. The van der Waals surface area contributed by atoms with E-state index in [-0.39, 0.29) is 17.1 Å². The fourth-order valence-corrected chi connectivity index (χ4v) is 6.53. The monoisotopic (exact) mass is 399 g/mol. The molecule has 7 heteroatoms. The summed E-state index contributed by atoms with van der Waals surface area (Å²) in [6, 6.07) is 13.5. The summed E-state index contributed by atoms with van der Waals surface area (Å²) in [5.41, 5.74) is 1.71. The Labute approximate surface area is 166 Å². The molecular formula is C21H25N3O3S. The molecule has 2 aromatic rings. The van der Waals surface area contributed by atoms with E-state index in [0.717, 1.165) is 18.4 Å². The average molecular weight is 400 g/mol. The molecule has 2 aliphatic rings. The maximum atomic E-state index is 13.1. The van der Waals surface area contributed by atoms with Crippen molar-refractivity contribution in [2.45, 2.75) is 24.5 Å². The van der Waals surface area contributed by atoms with Crippen LogP contribution in [0.25, 0.3) is 0 Å². The second kappa shape index (κ2) is 8.01. The average Bonchev–Trinajstić information content (AvgIpc) is 2.86. The molecule has 0 N–H and O–H groups in total. The lowest BCUT2D eigenvalue weighted by atomic mass is 10.0. The molecule has 0 radical (unpaired) electrons. The van der Waals surface area contributed by atoms with Crippen LogP contribution in [-0.2, 0) is 16.4 Å². The van der Waals surface area contributed by atoms with Gasteiger partial charge in [0.1, 0.15) is 0 Å². The van der Waals surface area contributed by atoms with Crippen LogP contribution < -0.4 is 0 Å². The number of nitrogens with zero attached hydrogens (tertiary/aromatic N) is 3. The van der Waals surface area contributed by atoms with E-state index in [1.54, 1.807) is 33.7 Å². The van der Waals surface area contributed by atoms with Gasteiger partial charge >= 0.3 is 0 Å². The molecule has 0 unspecified atom stereocenters. The largest absolute Gasteiger partial charge is 0.339 e. The summed E-state index contributed by atoms with van der Waals surface area (Å²) in [5.74, 6) is 0.0267. The van der Waals surface area contributed by atoms with Gasteiger partial charge in [-0.25, -0.2) is 12.7 Å². The lowest BCUT2D eigenvalue weighted by Gasteiger charge is -2.22. The number of amides is 1. The molecule has 1 aromatic carbocycles. The fraction of sp³-hybridized carbons (Fsp3) is 0.429. The van der Waals surface area contributed by atoms with Gasteiger partial charge in [-0.1, -0.05) is 30.3 Å². The van der Waals surface area contributed by atoms with E-state index >= 15 is 0 Å². The third-order valence-corrected chi connectivity index (χ3v) is 8.29. The molecule has 6 nitrogen and oxygen atoms in total. The molecular weight excluding hydrogens is 374 g/mol. The minimum absolute atomic E-state index is 0.0635. The molecule has 0 spiro atoms. The summed E-state index contributed by atoms with van der Waals surface area (Å²) in [7, 11) is -3.31.